The first-order valence-corrected chi connectivity index (χ1v) is 7.40. The van der Waals surface area contributed by atoms with Crippen LogP contribution in [0.4, 0.5) is 0 Å². The Morgan fingerprint density at radius 3 is 2.86 bits per heavy atom. The van der Waals surface area contributed by atoms with Crippen molar-refractivity contribution in [1.29, 1.82) is 0 Å². The molecular weight excluding hydrogens is 282 g/mol. The lowest BCUT2D eigenvalue weighted by atomic mass is 10.1. The highest BCUT2D eigenvalue weighted by Gasteiger charge is 2.27. The minimum absolute atomic E-state index is 0.205. The number of hydrogen-bond acceptors (Lipinski definition) is 6. The number of nitrogens with zero attached hydrogens (tertiary/aromatic N) is 2. The molecule has 7 nitrogen and oxygen atoms in total. The third kappa shape index (κ3) is 3.48. The average Bonchev–Trinajstić information content (AvgIpc) is 2.48. The van der Waals surface area contributed by atoms with Gasteiger partial charge in [0.2, 0.25) is 0 Å². The highest BCUT2D eigenvalue weighted by atomic mass is 16.5. The van der Waals surface area contributed by atoms with Crippen LogP contribution in [0.15, 0.2) is 40.9 Å². The van der Waals surface area contributed by atoms with E-state index in [4.69, 9.17) is 16.2 Å². The molecule has 0 aliphatic carbocycles. The van der Waals surface area contributed by atoms with Crippen LogP contribution in [-0.4, -0.2) is 42.4 Å². The van der Waals surface area contributed by atoms with Crippen LogP contribution in [0.1, 0.15) is 19.8 Å². The number of rotatable bonds is 4. The molecule has 7 heteroatoms. The van der Waals surface area contributed by atoms with Gasteiger partial charge in [-0.2, -0.15) is 0 Å². The van der Waals surface area contributed by atoms with Crippen molar-refractivity contribution in [2.45, 2.75) is 25.8 Å². The normalized spacial score (nSPS) is 23.8. The molecule has 2 aliphatic heterocycles. The molecular formula is C15H23N5O2. The molecule has 1 saturated heterocycles. The van der Waals surface area contributed by atoms with Gasteiger partial charge in [0.25, 0.3) is 5.91 Å². The van der Waals surface area contributed by atoms with Crippen LogP contribution in [0.5, 0.6) is 0 Å². The number of likely N-dealkylation sites (N-methyl/N-ethyl adjacent to an activating group) is 1. The average molecular weight is 305 g/mol. The van der Waals surface area contributed by atoms with E-state index in [2.05, 4.69) is 16.9 Å². The standard InChI is InChI=1S/C15H23N5O2/c1-3-20-14(21)8-13(17)12(9-16)15(20)19-10(2)18-11-4-6-22-7-5-11/h8-9,11,18H,2-7,16-17H2,1H3/b12-9-,19-15+. The van der Waals surface area contributed by atoms with Crippen molar-refractivity contribution < 1.29 is 9.53 Å². The van der Waals surface area contributed by atoms with Crippen LogP contribution in [0, 0.1) is 0 Å². The van der Waals surface area contributed by atoms with Crippen LogP contribution in [0.25, 0.3) is 0 Å². The first-order chi connectivity index (χ1) is 10.6. The Morgan fingerprint density at radius 2 is 2.27 bits per heavy atom. The van der Waals surface area contributed by atoms with Gasteiger partial charge in [0.05, 0.1) is 5.57 Å². The Hall–Kier alpha value is -2.28. The number of amidine groups is 1. The smallest absolute Gasteiger partial charge is 0.254 e. The molecule has 0 spiro atoms. The zero-order valence-electron chi connectivity index (χ0n) is 12.8. The summed E-state index contributed by atoms with van der Waals surface area (Å²) in [5, 5.41) is 3.26. The lowest BCUT2D eigenvalue weighted by Gasteiger charge is -2.29. The molecule has 2 heterocycles. The second-order valence-corrected chi connectivity index (χ2v) is 5.18. The first kappa shape index (κ1) is 16.1. The number of hydrogen-bond donors (Lipinski definition) is 3. The van der Waals surface area contributed by atoms with Crippen molar-refractivity contribution in [2.24, 2.45) is 16.5 Å². The van der Waals surface area contributed by atoms with Crippen molar-refractivity contribution >= 4 is 11.7 Å². The maximum Gasteiger partial charge on any atom is 0.254 e. The summed E-state index contributed by atoms with van der Waals surface area (Å²) in [5.74, 6) is 0.713. The number of nitrogens with one attached hydrogen (secondary N) is 1. The minimum Gasteiger partial charge on any atom is -0.404 e. The van der Waals surface area contributed by atoms with E-state index in [-0.39, 0.29) is 11.9 Å². The van der Waals surface area contributed by atoms with E-state index in [0.29, 0.717) is 29.5 Å². The van der Waals surface area contributed by atoms with Gasteiger partial charge in [0, 0.05) is 43.8 Å². The summed E-state index contributed by atoms with van der Waals surface area (Å²) < 4.78 is 5.32. The van der Waals surface area contributed by atoms with Gasteiger partial charge in [-0.1, -0.05) is 6.58 Å². The largest absolute Gasteiger partial charge is 0.404 e. The molecule has 1 fully saturated rings. The van der Waals surface area contributed by atoms with E-state index in [1.165, 1.54) is 17.2 Å². The number of ether oxygens (including phenoxy) is 1. The molecule has 22 heavy (non-hydrogen) atoms. The predicted octanol–water partition coefficient (Wildman–Crippen LogP) is 0.172. The molecule has 0 aromatic carbocycles. The van der Waals surface area contributed by atoms with Crippen LogP contribution in [-0.2, 0) is 9.53 Å². The number of aliphatic imine (C=N–C) groups is 1. The number of nitrogens with two attached hydrogens (primary N) is 2. The van der Waals surface area contributed by atoms with E-state index in [9.17, 15) is 4.79 Å². The molecule has 0 unspecified atom stereocenters. The fourth-order valence-electron chi connectivity index (χ4n) is 2.50. The fraction of sp³-hybridized carbons (Fsp3) is 0.467. The van der Waals surface area contributed by atoms with Gasteiger partial charge < -0.3 is 21.5 Å². The summed E-state index contributed by atoms with van der Waals surface area (Å²) in [7, 11) is 0. The van der Waals surface area contributed by atoms with E-state index in [1.54, 1.807) is 0 Å². The molecule has 0 aromatic heterocycles. The predicted molar refractivity (Wildman–Crippen MR) is 85.5 cm³/mol. The van der Waals surface area contributed by atoms with Gasteiger partial charge in [-0.3, -0.25) is 9.69 Å². The highest BCUT2D eigenvalue weighted by Crippen LogP contribution is 2.18. The zero-order valence-corrected chi connectivity index (χ0v) is 12.8. The molecule has 120 valence electrons. The summed E-state index contributed by atoms with van der Waals surface area (Å²) in [6, 6.07) is 0.276. The molecule has 2 aliphatic rings. The van der Waals surface area contributed by atoms with Crippen LogP contribution in [0.3, 0.4) is 0 Å². The van der Waals surface area contributed by atoms with Gasteiger partial charge in [0.15, 0.2) is 0 Å². The summed E-state index contributed by atoms with van der Waals surface area (Å²) in [4.78, 5) is 18.0. The number of amides is 1. The van der Waals surface area contributed by atoms with Gasteiger partial charge >= 0.3 is 0 Å². The molecule has 0 saturated carbocycles. The Bertz CT molecular complexity index is 544. The Morgan fingerprint density at radius 1 is 1.59 bits per heavy atom. The van der Waals surface area contributed by atoms with Crippen LogP contribution < -0.4 is 16.8 Å². The molecule has 1 amide bonds. The van der Waals surface area contributed by atoms with E-state index in [1.807, 2.05) is 6.92 Å². The lowest BCUT2D eigenvalue weighted by molar-refractivity contribution is -0.122. The first-order valence-electron chi connectivity index (χ1n) is 7.40. The Balaban J connectivity index is 2.20. The third-order valence-electron chi connectivity index (χ3n) is 3.67. The topological polar surface area (TPSA) is 106 Å². The fourth-order valence-corrected chi connectivity index (χ4v) is 2.50. The van der Waals surface area contributed by atoms with Crippen molar-refractivity contribution in [3.05, 3.63) is 35.9 Å². The van der Waals surface area contributed by atoms with E-state index >= 15 is 0 Å². The lowest BCUT2D eigenvalue weighted by Crippen LogP contribution is -2.42. The Kier molecular flexibility index (Phi) is 5.21. The van der Waals surface area contributed by atoms with Gasteiger partial charge in [-0.15, -0.1) is 0 Å². The molecule has 2 rings (SSSR count). The van der Waals surface area contributed by atoms with Crippen LogP contribution >= 0.6 is 0 Å². The van der Waals surface area contributed by atoms with Crippen molar-refractivity contribution in [2.75, 3.05) is 19.8 Å². The second-order valence-electron chi connectivity index (χ2n) is 5.18. The van der Waals surface area contributed by atoms with Gasteiger partial charge in [-0.05, 0) is 19.8 Å². The zero-order chi connectivity index (χ0) is 16.1. The molecule has 0 bridgehead atoms. The van der Waals surface area contributed by atoms with Gasteiger partial charge in [0.1, 0.15) is 11.7 Å². The quantitative estimate of drug-likeness (QED) is 0.686. The van der Waals surface area contributed by atoms with E-state index < -0.39 is 0 Å². The summed E-state index contributed by atoms with van der Waals surface area (Å²) in [6.07, 6.45) is 4.53. The molecule has 0 aromatic rings. The SMILES string of the molecule is C=C(/N=C1\C(=C/N)C(N)=CC(=O)N1CC)NC1CCOCC1. The summed E-state index contributed by atoms with van der Waals surface area (Å²) in [5.41, 5.74) is 12.4. The maximum absolute atomic E-state index is 12.0. The van der Waals surface area contributed by atoms with E-state index in [0.717, 1.165) is 26.1 Å². The van der Waals surface area contributed by atoms with Crippen molar-refractivity contribution in [1.82, 2.24) is 10.2 Å². The number of carbonyl (C=O) groups is 1. The number of carbonyl (C=O) groups excluding carboxylic acids is 1. The minimum atomic E-state index is -0.205. The summed E-state index contributed by atoms with van der Waals surface area (Å²) >= 11 is 0. The highest BCUT2D eigenvalue weighted by molar-refractivity contribution is 6.16. The molecule has 0 radical (unpaired) electrons. The van der Waals surface area contributed by atoms with Crippen molar-refractivity contribution in [3.63, 3.8) is 0 Å². The third-order valence-corrected chi connectivity index (χ3v) is 3.67. The van der Waals surface area contributed by atoms with Gasteiger partial charge in [-0.25, -0.2) is 4.99 Å². The van der Waals surface area contributed by atoms with Crippen LogP contribution in [0.2, 0.25) is 0 Å². The molecule has 5 N–H and O–H groups in total. The molecule has 0 atom stereocenters. The summed E-state index contributed by atoms with van der Waals surface area (Å²) in [6.45, 7) is 7.72. The monoisotopic (exact) mass is 305 g/mol. The van der Waals surface area contributed by atoms with Crippen molar-refractivity contribution in [3.8, 4) is 0 Å². The second kappa shape index (κ2) is 7.13. The Labute approximate surface area is 130 Å². The maximum atomic E-state index is 12.0.